The number of halogens is 2. The Morgan fingerprint density at radius 2 is 1.61 bits per heavy atom. The number of oxime groups is 1. The van der Waals surface area contributed by atoms with Crippen LogP contribution in [0.1, 0.15) is 15.9 Å². The number of anilines is 1. The summed E-state index contributed by atoms with van der Waals surface area (Å²) in [4.78, 5) is 24.2. The lowest BCUT2D eigenvalue weighted by Crippen LogP contribution is -2.34. The minimum absolute atomic E-state index is 0.0255. The molecule has 0 saturated carbocycles. The van der Waals surface area contributed by atoms with Crippen LogP contribution in [-0.4, -0.2) is 29.5 Å². The van der Waals surface area contributed by atoms with Gasteiger partial charge in [-0.2, -0.15) is 0 Å². The summed E-state index contributed by atoms with van der Waals surface area (Å²) in [6, 6.07) is 19.0. The molecule has 0 atom stereocenters. The summed E-state index contributed by atoms with van der Waals surface area (Å²) in [6.45, 7) is 0.0255. The SMILES string of the molecule is O=C(NC(=O)c1ccccc1Cl)Nc1ccc(OC/C(=N\O)c2ccc(Cl)cc2)cc1. The van der Waals surface area contributed by atoms with Crippen LogP contribution < -0.4 is 15.4 Å². The smallest absolute Gasteiger partial charge is 0.326 e. The average molecular weight is 458 g/mol. The fourth-order valence-corrected chi connectivity index (χ4v) is 2.92. The zero-order chi connectivity index (χ0) is 22.2. The second-order valence-electron chi connectivity index (χ2n) is 6.25. The molecular weight excluding hydrogens is 441 g/mol. The topological polar surface area (TPSA) is 100 Å². The molecule has 0 saturated heterocycles. The van der Waals surface area contributed by atoms with E-state index in [-0.39, 0.29) is 17.2 Å². The van der Waals surface area contributed by atoms with Gasteiger partial charge in [-0.1, -0.05) is 52.6 Å². The first-order valence-electron chi connectivity index (χ1n) is 9.03. The predicted molar refractivity (Wildman–Crippen MR) is 120 cm³/mol. The average Bonchev–Trinajstić information content (AvgIpc) is 2.76. The Hall–Kier alpha value is -3.55. The lowest BCUT2D eigenvalue weighted by molar-refractivity contribution is 0.0967. The van der Waals surface area contributed by atoms with Crippen molar-refractivity contribution in [3.63, 3.8) is 0 Å². The van der Waals surface area contributed by atoms with Crippen LogP contribution in [0.2, 0.25) is 10.0 Å². The number of nitrogens with one attached hydrogen (secondary N) is 2. The van der Waals surface area contributed by atoms with Crippen molar-refractivity contribution in [1.82, 2.24) is 5.32 Å². The Balaban J connectivity index is 1.54. The van der Waals surface area contributed by atoms with Gasteiger partial charge in [0.05, 0.1) is 10.6 Å². The van der Waals surface area contributed by atoms with Gasteiger partial charge in [0.15, 0.2) is 0 Å². The number of amides is 3. The van der Waals surface area contributed by atoms with Gasteiger partial charge in [0.1, 0.15) is 18.1 Å². The highest BCUT2D eigenvalue weighted by Gasteiger charge is 2.13. The molecule has 3 rings (SSSR count). The lowest BCUT2D eigenvalue weighted by atomic mass is 10.1. The van der Waals surface area contributed by atoms with Crippen molar-refractivity contribution in [3.05, 3.63) is 94.0 Å². The number of urea groups is 1. The molecule has 0 bridgehead atoms. The summed E-state index contributed by atoms with van der Waals surface area (Å²) in [5.74, 6) is -0.116. The zero-order valence-electron chi connectivity index (χ0n) is 16.0. The normalized spacial score (nSPS) is 11.0. The summed E-state index contributed by atoms with van der Waals surface area (Å²) in [7, 11) is 0. The van der Waals surface area contributed by atoms with Gasteiger partial charge in [0, 0.05) is 16.3 Å². The molecule has 3 amide bonds. The van der Waals surface area contributed by atoms with E-state index in [9.17, 15) is 14.8 Å². The van der Waals surface area contributed by atoms with E-state index >= 15 is 0 Å². The summed E-state index contributed by atoms with van der Waals surface area (Å²) in [6.07, 6.45) is 0. The predicted octanol–water partition coefficient (Wildman–Crippen LogP) is 5.21. The van der Waals surface area contributed by atoms with Gasteiger partial charge in [-0.15, -0.1) is 0 Å². The fourth-order valence-electron chi connectivity index (χ4n) is 2.58. The van der Waals surface area contributed by atoms with Crippen molar-refractivity contribution >= 4 is 46.5 Å². The molecule has 3 aromatic carbocycles. The molecule has 0 heterocycles. The monoisotopic (exact) mass is 457 g/mol. The number of nitrogens with zero attached hydrogens (tertiary/aromatic N) is 1. The van der Waals surface area contributed by atoms with Crippen LogP contribution in [0.25, 0.3) is 0 Å². The van der Waals surface area contributed by atoms with E-state index < -0.39 is 11.9 Å². The number of carbonyl (C=O) groups excluding carboxylic acids is 2. The molecule has 0 aliphatic heterocycles. The van der Waals surface area contributed by atoms with Crippen LogP contribution in [-0.2, 0) is 0 Å². The maximum absolute atomic E-state index is 12.1. The van der Waals surface area contributed by atoms with Gasteiger partial charge in [-0.05, 0) is 48.5 Å². The van der Waals surface area contributed by atoms with Crippen LogP contribution in [0.3, 0.4) is 0 Å². The second kappa shape index (κ2) is 10.5. The molecule has 0 radical (unpaired) electrons. The third kappa shape index (κ3) is 6.21. The molecule has 0 aliphatic rings. The minimum Gasteiger partial charge on any atom is -0.487 e. The Morgan fingerprint density at radius 1 is 0.935 bits per heavy atom. The molecule has 0 spiro atoms. The first-order chi connectivity index (χ1) is 15.0. The van der Waals surface area contributed by atoms with Gasteiger partial charge in [-0.25, -0.2) is 4.79 Å². The molecule has 0 aromatic heterocycles. The molecule has 0 unspecified atom stereocenters. The summed E-state index contributed by atoms with van der Waals surface area (Å²) < 4.78 is 5.62. The van der Waals surface area contributed by atoms with Crippen molar-refractivity contribution in [3.8, 4) is 5.75 Å². The summed E-state index contributed by atoms with van der Waals surface area (Å²) in [5.41, 5.74) is 1.65. The van der Waals surface area contributed by atoms with E-state index in [0.717, 1.165) is 0 Å². The zero-order valence-corrected chi connectivity index (χ0v) is 17.5. The van der Waals surface area contributed by atoms with Crippen molar-refractivity contribution in [1.29, 1.82) is 0 Å². The minimum atomic E-state index is -0.698. The number of imide groups is 1. The summed E-state index contributed by atoms with van der Waals surface area (Å²) in [5, 5.41) is 18.1. The van der Waals surface area contributed by atoms with Crippen LogP contribution in [0.4, 0.5) is 10.5 Å². The van der Waals surface area contributed by atoms with Gasteiger partial charge in [-0.3, -0.25) is 10.1 Å². The van der Waals surface area contributed by atoms with Crippen molar-refractivity contribution in [2.24, 2.45) is 5.16 Å². The van der Waals surface area contributed by atoms with Crippen molar-refractivity contribution in [2.45, 2.75) is 0 Å². The number of hydrogen-bond donors (Lipinski definition) is 3. The molecule has 3 aromatic rings. The number of benzene rings is 3. The van der Waals surface area contributed by atoms with Gasteiger partial charge < -0.3 is 15.3 Å². The van der Waals surface area contributed by atoms with Crippen molar-refractivity contribution in [2.75, 3.05) is 11.9 Å². The van der Waals surface area contributed by atoms with Gasteiger partial charge in [0.25, 0.3) is 5.91 Å². The Kier molecular flexibility index (Phi) is 7.48. The van der Waals surface area contributed by atoms with E-state index in [0.29, 0.717) is 27.7 Å². The van der Waals surface area contributed by atoms with Crippen LogP contribution >= 0.6 is 23.2 Å². The van der Waals surface area contributed by atoms with E-state index in [4.69, 9.17) is 27.9 Å². The molecule has 3 N–H and O–H groups in total. The molecule has 158 valence electrons. The molecule has 0 fully saturated rings. The molecule has 9 heteroatoms. The van der Waals surface area contributed by atoms with Crippen LogP contribution in [0.15, 0.2) is 78.0 Å². The Labute approximate surface area is 188 Å². The van der Waals surface area contributed by atoms with Crippen molar-refractivity contribution < 1.29 is 19.5 Å². The number of rotatable bonds is 6. The highest BCUT2D eigenvalue weighted by atomic mass is 35.5. The molecular formula is C22H17Cl2N3O4. The Bertz CT molecular complexity index is 1100. The van der Waals surface area contributed by atoms with E-state index in [1.54, 1.807) is 66.7 Å². The third-order valence-electron chi connectivity index (χ3n) is 4.13. The van der Waals surface area contributed by atoms with E-state index in [1.165, 1.54) is 6.07 Å². The highest BCUT2D eigenvalue weighted by Crippen LogP contribution is 2.18. The number of hydrogen-bond acceptors (Lipinski definition) is 5. The molecule has 7 nitrogen and oxygen atoms in total. The first-order valence-corrected chi connectivity index (χ1v) is 9.78. The first kappa shape index (κ1) is 22.1. The number of ether oxygens (including phenoxy) is 1. The van der Waals surface area contributed by atoms with Gasteiger partial charge >= 0.3 is 6.03 Å². The molecule has 0 aliphatic carbocycles. The standard InChI is InChI=1S/C22H17Cl2N3O4/c23-15-7-5-14(6-8-15)20(27-30)13-31-17-11-9-16(10-12-17)25-22(29)26-21(28)18-3-1-2-4-19(18)24/h1-12,30H,13H2,(H2,25,26,28,29)/b27-20+. The summed E-state index contributed by atoms with van der Waals surface area (Å²) >= 11 is 11.8. The largest absolute Gasteiger partial charge is 0.487 e. The lowest BCUT2D eigenvalue weighted by Gasteiger charge is -2.10. The number of carbonyl (C=O) groups is 2. The van der Waals surface area contributed by atoms with Crippen LogP contribution in [0.5, 0.6) is 5.75 Å². The van der Waals surface area contributed by atoms with Crippen LogP contribution in [0, 0.1) is 0 Å². The molecule has 31 heavy (non-hydrogen) atoms. The fraction of sp³-hybridized carbons (Fsp3) is 0.0455. The second-order valence-corrected chi connectivity index (χ2v) is 7.10. The Morgan fingerprint density at radius 3 is 2.26 bits per heavy atom. The van der Waals surface area contributed by atoms with E-state index in [2.05, 4.69) is 15.8 Å². The highest BCUT2D eigenvalue weighted by molar-refractivity contribution is 6.34. The van der Waals surface area contributed by atoms with Gasteiger partial charge in [0.2, 0.25) is 0 Å². The maximum Gasteiger partial charge on any atom is 0.326 e. The maximum atomic E-state index is 12.1. The third-order valence-corrected chi connectivity index (χ3v) is 4.71. The quantitative estimate of drug-likeness (QED) is 0.268. The van der Waals surface area contributed by atoms with E-state index in [1.807, 2.05) is 0 Å².